The van der Waals surface area contributed by atoms with Crippen LogP contribution in [0.5, 0.6) is 5.75 Å². The molecule has 0 bridgehead atoms. The van der Waals surface area contributed by atoms with Gasteiger partial charge < -0.3 is 29.6 Å². The molecule has 0 unspecified atom stereocenters. The molecule has 0 aliphatic heterocycles. The predicted octanol–water partition coefficient (Wildman–Crippen LogP) is 5.62. The minimum absolute atomic E-state index is 0.0708. The first-order valence-corrected chi connectivity index (χ1v) is 15.4. The van der Waals surface area contributed by atoms with Crippen LogP contribution in [0, 0.1) is 20.8 Å². The first-order valence-electron chi connectivity index (χ1n) is 15.4. The van der Waals surface area contributed by atoms with Crippen molar-refractivity contribution in [1.82, 2.24) is 15.2 Å². The van der Waals surface area contributed by atoms with E-state index in [2.05, 4.69) is 47.2 Å². The van der Waals surface area contributed by atoms with E-state index >= 15 is 0 Å². The van der Waals surface area contributed by atoms with Crippen molar-refractivity contribution in [3.05, 3.63) is 80.8 Å². The maximum absolute atomic E-state index is 13.8. The van der Waals surface area contributed by atoms with Crippen molar-refractivity contribution in [2.75, 3.05) is 45.9 Å². The highest BCUT2D eigenvalue weighted by Gasteiger charge is 2.28. The van der Waals surface area contributed by atoms with Crippen molar-refractivity contribution >= 4 is 11.6 Å². The van der Waals surface area contributed by atoms with E-state index in [4.69, 9.17) is 9.47 Å². The fraction of sp³-hybridized carbons (Fsp3) is 0.486. The quantitative estimate of drug-likeness (QED) is 0.267. The number of methoxy groups -OCH3 is 1. The summed E-state index contributed by atoms with van der Waals surface area (Å²) in [5.41, 5.74) is 6.72. The third-order valence-corrected chi connectivity index (χ3v) is 8.76. The van der Waals surface area contributed by atoms with E-state index < -0.39 is 0 Å². The van der Waals surface area contributed by atoms with Gasteiger partial charge in [0.15, 0.2) is 5.43 Å². The number of benzene rings is 2. The number of nitrogens with zero attached hydrogens (tertiary/aromatic N) is 2. The van der Waals surface area contributed by atoms with Crippen molar-refractivity contribution in [2.24, 2.45) is 0 Å². The van der Waals surface area contributed by atoms with Crippen LogP contribution in [0.2, 0.25) is 0 Å². The van der Waals surface area contributed by atoms with Crippen molar-refractivity contribution in [2.45, 2.75) is 72.0 Å². The Labute approximate surface area is 256 Å². The molecule has 1 saturated carbocycles. The van der Waals surface area contributed by atoms with Gasteiger partial charge in [0.05, 0.1) is 6.61 Å². The van der Waals surface area contributed by atoms with Gasteiger partial charge in [0.25, 0.3) is 5.91 Å². The van der Waals surface area contributed by atoms with Crippen molar-refractivity contribution in [3.8, 4) is 16.9 Å². The Hall–Kier alpha value is -3.62. The number of carbonyl (C=O) groups is 1. The first-order chi connectivity index (χ1) is 20.6. The Bertz CT molecular complexity index is 1440. The van der Waals surface area contributed by atoms with E-state index in [0.29, 0.717) is 36.4 Å². The fourth-order valence-electron chi connectivity index (χ4n) is 6.26. The van der Waals surface area contributed by atoms with Crippen molar-refractivity contribution in [1.29, 1.82) is 0 Å². The number of aromatic amines is 1. The van der Waals surface area contributed by atoms with E-state index in [1.54, 1.807) is 13.2 Å². The molecule has 1 aliphatic carbocycles. The summed E-state index contributed by atoms with van der Waals surface area (Å²) in [5.74, 6) is 0.587. The Morgan fingerprint density at radius 2 is 1.63 bits per heavy atom. The second-order valence-electron chi connectivity index (χ2n) is 11.8. The molecule has 1 amide bonds. The van der Waals surface area contributed by atoms with Gasteiger partial charge in [-0.3, -0.25) is 9.59 Å². The summed E-state index contributed by atoms with van der Waals surface area (Å²) in [6, 6.07) is 14.8. The molecule has 0 saturated heterocycles. The molecule has 3 aromatic rings. The number of rotatable bonds is 12. The number of hydrogen-bond acceptors (Lipinski definition) is 6. The van der Waals surface area contributed by atoms with Gasteiger partial charge in [-0.05, 0) is 108 Å². The number of amides is 1. The molecule has 2 N–H and O–H groups in total. The Morgan fingerprint density at radius 1 is 0.953 bits per heavy atom. The summed E-state index contributed by atoms with van der Waals surface area (Å²) in [5, 5.41) is 3.04. The monoisotopic (exact) mass is 588 g/mol. The maximum Gasteiger partial charge on any atom is 0.251 e. The second-order valence-corrected chi connectivity index (χ2v) is 11.8. The van der Waals surface area contributed by atoms with Gasteiger partial charge in [-0.2, -0.15) is 0 Å². The van der Waals surface area contributed by atoms with Gasteiger partial charge in [-0.1, -0.05) is 12.1 Å². The average Bonchev–Trinajstić information content (AvgIpc) is 2.98. The molecule has 0 atom stereocenters. The zero-order valence-corrected chi connectivity index (χ0v) is 26.9. The van der Waals surface area contributed by atoms with E-state index in [0.717, 1.165) is 71.7 Å². The molecule has 43 heavy (non-hydrogen) atoms. The number of hydrogen-bond donors (Lipinski definition) is 2. The number of carbonyl (C=O) groups excluding carboxylic acids is 1. The van der Waals surface area contributed by atoms with Crippen molar-refractivity contribution in [3.63, 3.8) is 0 Å². The molecule has 8 nitrogen and oxygen atoms in total. The number of nitrogens with one attached hydrogen (secondary N) is 2. The summed E-state index contributed by atoms with van der Waals surface area (Å²) >= 11 is 0. The minimum Gasteiger partial charge on any atom is -0.491 e. The Balaban J connectivity index is 1.68. The lowest BCUT2D eigenvalue weighted by Gasteiger charge is -2.40. The molecule has 232 valence electrons. The largest absolute Gasteiger partial charge is 0.491 e. The molecule has 0 spiro atoms. The Morgan fingerprint density at radius 3 is 2.23 bits per heavy atom. The smallest absolute Gasteiger partial charge is 0.251 e. The molecule has 1 fully saturated rings. The standard InChI is InChI=1S/C35H48N4O4/c1-8-39(29-13-11-28(12-14-29)38(5)6)33-21-27(26-9-15-30(16-10-26)43-18-17-42-7)20-31(24(33)3)35(41)36-22-32-25(4)37-23(2)19-34(32)40/h9-10,15-16,19-21,28-29H,8,11-14,17-18,22H2,1-7H3,(H,36,41)(H,37,40)/t28-,29-. The second kappa shape index (κ2) is 14.7. The van der Waals surface area contributed by atoms with E-state index in [1.165, 1.54) is 0 Å². The number of pyridine rings is 1. The molecule has 1 aromatic heterocycles. The van der Waals surface area contributed by atoms with E-state index in [9.17, 15) is 9.59 Å². The van der Waals surface area contributed by atoms with Gasteiger partial charge in [-0.25, -0.2) is 0 Å². The summed E-state index contributed by atoms with van der Waals surface area (Å²) in [4.78, 5) is 34.5. The predicted molar refractivity (Wildman–Crippen MR) is 174 cm³/mol. The summed E-state index contributed by atoms with van der Waals surface area (Å²) < 4.78 is 10.9. The third kappa shape index (κ3) is 7.86. The lowest BCUT2D eigenvalue weighted by atomic mass is 9.88. The molecule has 4 rings (SSSR count). The SMILES string of the molecule is CCN(c1cc(-c2ccc(OCCOC)cc2)cc(C(=O)NCc2c(C)[nH]c(C)cc2=O)c1C)[C@H]1CC[C@H](N(C)C)CC1. The number of anilines is 1. The zero-order chi connectivity index (χ0) is 31.1. The lowest BCUT2D eigenvalue weighted by molar-refractivity contribution is 0.0950. The van der Waals surface area contributed by atoms with Crippen LogP contribution in [0.4, 0.5) is 5.69 Å². The summed E-state index contributed by atoms with van der Waals surface area (Å²) in [7, 11) is 5.99. The van der Waals surface area contributed by atoms with Crippen LogP contribution >= 0.6 is 0 Å². The molecule has 8 heteroatoms. The normalized spacial score (nSPS) is 16.7. The summed E-state index contributed by atoms with van der Waals surface area (Å²) in [6.45, 7) is 10.00. The highest BCUT2D eigenvalue weighted by atomic mass is 16.5. The number of aryl methyl sites for hydroxylation is 2. The number of ether oxygens (including phenoxy) is 2. The molecular formula is C35H48N4O4. The first kappa shape index (κ1) is 32.3. The maximum atomic E-state index is 13.8. The molecule has 1 aliphatic rings. The minimum atomic E-state index is -0.188. The van der Waals surface area contributed by atoms with Gasteiger partial charge in [0, 0.05) is 66.6 Å². The molecule has 1 heterocycles. The highest BCUT2D eigenvalue weighted by molar-refractivity contribution is 5.99. The van der Waals surface area contributed by atoms with Crippen LogP contribution in [0.25, 0.3) is 11.1 Å². The van der Waals surface area contributed by atoms with E-state index in [-0.39, 0.29) is 17.9 Å². The zero-order valence-electron chi connectivity index (χ0n) is 26.9. The highest BCUT2D eigenvalue weighted by Crippen LogP contribution is 2.36. The lowest BCUT2D eigenvalue weighted by Crippen LogP contribution is -2.42. The summed E-state index contributed by atoms with van der Waals surface area (Å²) in [6.07, 6.45) is 4.56. The van der Waals surface area contributed by atoms with Crippen molar-refractivity contribution < 1.29 is 14.3 Å². The molecule has 0 radical (unpaired) electrons. The Kier molecular flexibility index (Phi) is 11.0. The van der Waals surface area contributed by atoms with Crippen LogP contribution in [0.3, 0.4) is 0 Å². The van der Waals surface area contributed by atoms with Crippen LogP contribution in [-0.2, 0) is 11.3 Å². The van der Waals surface area contributed by atoms with Crippen LogP contribution in [-0.4, -0.2) is 68.8 Å². The number of H-pyrrole nitrogens is 1. The van der Waals surface area contributed by atoms with Gasteiger partial charge in [0.2, 0.25) is 0 Å². The average molecular weight is 589 g/mol. The van der Waals surface area contributed by atoms with Crippen LogP contribution < -0.4 is 20.4 Å². The van der Waals surface area contributed by atoms with Gasteiger partial charge >= 0.3 is 0 Å². The van der Waals surface area contributed by atoms with Crippen LogP contribution in [0.1, 0.15) is 65.5 Å². The number of aromatic nitrogens is 1. The van der Waals surface area contributed by atoms with Crippen LogP contribution in [0.15, 0.2) is 47.3 Å². The molecule has 2 aromatic carbocycles. The van der Waals surface area contributed by atoms with Gasteiger partial charge in [-0.15, -0.1) is 0 Å². The third-order valence-electron chi connectivity index (χ3n) is 8.76. The topological polar surface area (TPSA) is 86.9 Å². The fourth-order valence-corrected chi connectivity index (χ4v) is 6.26. The van der Waals surface area contributed by atoms with Gasteiger partial charge in [0.1, 0.15) is 12.4 Å². The van der Waals surface area contributed by atoms with E-state index in [1.807, 2.05) is 51.1 Å². The molecular weight excluding hydrogens is 540 g/mol.